The Labute approximate surface area is 108 Å². The zero-order valence-corrected chi connectivity index (χ0v) is 11.5. The molecule has 0 saturated heterocycles. The van der Waals surface area contributed by atoms with Gasteiger partial charge >= 0.3 is 7.60 Å². The van der Waals surface area contributed by atoms with E-state index in [0.717, 1.165) is 6.42 Å². The number of thiocarbonyl (C=S) groups is 1. The van der Waals surface area contributed by atoms with Crippen molar-refractivity contribution in [2.45, 2.75) is 12.8 Å². The fourth-order valence-electron chi connectivity index (χ4n) is 1.04. The highest BCUT2D eigenvalue weighted by Gasteiger charge is 2.22. The van der Waals surface area contributed by atoms with Gasteiger partial charge in [-0.05, 0) is 25.1 Å². The fourth-order valence-corrected chi connectivity index (χ4v) is 2.74. The van der Waals surface area contributed by atoms with Crippen molar-refractivity contribution in [1.82, 2.24) is 0 Å². The van der Waals surface area contributed by atoms with Gasteiger partial charge in [-0.15, -0.1) is 13.2 Å². The normalized spacial score (nSPS) is 10.6. The Morgan fingerprint density at radius 3 is 2.29 bits per heavy atom. The monoisotopic (exact) mass is 275 g/mol. The molecule has 0 amide bonds. The second kappa shape index (κ2) is 10.6. The second-order valence-corrected chi connectivity index (χ2v) is 5.55. The van der Waals surface area contributed by atoms with Crippen LogP contribution in [-0.2, 0) is 13.6 Å². The molecule has 17 heavy (non-hydrogen) atoms. The molecule has 0 atom stereocenters. The molecular formula is C11H18NO3PS. The van der Waals surface area contributed by atoms with Crippen LogP contribution in [0.3, 0.4) is 0 Å². The molecule has 0 heterocycles. The predicted octanol–water partition coefficient (Wildman–Crippen LogP) is 3.47. The van der Waals surface area contributed by atoms with Crippen LogP contribution in [0.25, 0.3) is 0 Å². The minimum Gasteiger partial charge on any atom is -0.304 e. The smallest absolute Gasteiger partial charge is 0.304 e. The number of hydrogen-bond donors (Lipinski definition) is 0. The Bertz CT molecular complexity index is 311. The van der Waals surface area contributed by atoms with Gasteiger partial charge in [0.25, 0.3) is 0 Å². The number of rotatable bonds is 11. The van der Waals surface area contributed by atoms with Gasteiger partial charge in [0, 0.05) is 6.54 Å². The first kappa shape index (κ1) is 16.4. The molecular weight excluding hydrogens is 257 g/mol. The van der Waals surface area contributed by atoms with Gasteiger partial charge in [0.1, 0.15) is 0 Å². The minimum atomic E-state index is -3.03. The summed E-state index contributed by atoms with van der Waals surface area (Å²) in [4.78, 5) is 3.78. The molecule has 0 saturated carbocycles. The standard InChI is InChI=1S/C11H18NO3PS/c1-3-8-14-16(13,15-9-4-2)10-6-5-7-12-11-17/h3-4H,1-2,5-10H2. The minimum absolute atomic E-state index is 0.215. The third-order valence-electron chi connectivity index (χ3n) is 1.79. The summed E-state index contributed by atoms with van der Waals surface area (Å²) in [6.07, 6.45) is 4.93. The summed E-state index contributed by atoms with van der Waals surface area (Å²) in [6, 6.07) is 0. The van der Waals surface area contributed by atoms with Crippen LogP contribution in [-0.4, -0.2) is 31.1 Å². The van der Waals surface area contributed by atoms with Crippen LogP contribution >= 0.6 is 19.8 Å². The SMILES string of the molecule is C=CCOP(=O)(CCCCN=C=S)OCC=C. The lowest BCUT2D eigenvalue weighted by atomic mass is 10.3. The van der Waals surface area contributed by atoms with Crippen molar-refractivity contribution < 1.29 is 13.6 Å². The molecule has 0 radical (unpaired) electrons. The number of aliphatic imine (C=N–C) groups is 1. The molecule has 96 valence electrons. The molecule has 0 aliphatic heterocycles. The zero-order chi connectivity index (χ0) is 13.0. The van der Waals surface area contributed by atoms with E-state index in [2.05, 4.69) is 35.5 Å². The van der Waals surface area contributed by atoms with E-state index in [1.54, 1.807) is 12.2 Å². The van der Waals surface area contributed by atoms with Gasteiger partial charge in [-0.3, -0.25) is 4.57 Å². The van der Waals surface area contributed by atoms with Crippen LogP contribution < -0.4 is 0 Å². The Morgan fingerprint density at radius 1 is 1.24 bits per heavy atom. The Balaban J connectivity index is 4.07. The molecule has 4 nitrogen and oxygen atoms in total. The van der Waals surface area contributed by atoms with Crippen molar-refractivity contribution in [2.24, 2.45) is 4.99 Å². The lowest BCUT2D eigenvalue weighted by molar-refractivity contribution is 0.236. The topological polar surface area (TPSA) is 47.9 Å². The summed E-state index contributed by atoms with van der Waals surface area (Å²) >= 11 is 4.45. The van der Waals surface area contributed by atoms with Gasteiger partial charge in [-0.2, -0.15) is 0 Å². The van der Waals surface area contributed by atoms with E-state index in [0.29, 0.717) is 19.1 Å². The molecule has 0 aliphatic carbocycles. The lowest BCUT2D eigenvalue weighted by Crippen LogP contribution is -2.01. The quantitative estimate of drug-likeness (QED) is 0.190. The van der Waals surface area contributed by atoms with Crippen molar-refractivity contribution in [3.8, 4) is 0 Å². The average molecular weight is 275 g/mol. The maximum atomic E-state index is 12.2. The highest BCUT2D eigenvalue weighted by Crippen LogP contribution is 2.48. The molecule has 0 spiro atoms. The molecule has 0 aromatic rings. The molecule has 0 rings (SSSR count). The van der Waals surface area contributed by atoms with Gasteiger partial charge < -0.3 is 9.05 Å². The number of hydrogen-bond acceptors (Lipinski definition) is 5. The van der Waals surface area contributed by atoms with Crippen LogP contribution in [0.15, 0.2) is 30.3 Å². The zero-order valence-electron chi connectivity index (χ0n) is 9.84. The van der Waals surface area contributed by atoms with E-state index >= 15 is 0 Å². The third kappa shape index (κ3) is 9.16. The summed E-state index contributed by atoms with van der Waals surface area (Å²) in [6.45, 7) is 8.04. The summed E-state index contributed by atoms with van der Waals surface area (Å²) in [5.41, 5.74) is 0. The van der Waals surface area contributed by atoms with Gasteiger partial charge in [-0.25, -0.2) is 4.99 Å². The average Bonchev–Trinajstić information content (AvgIpc) is 2.34. The second-order valence-electron chi connectivity index (χ2n) is 3.18. The van der Waals surface area contributed by atoms with Crippen LogP contribution in [0.2, 0.25) is 0 Å². The molecule has 0 bridgehead atoms. The van der Waals surface area contributed by atoms with E-state index in [-0.39, 0.29) is 13.2 Å². The lowest BCUT2D eigenvalue weighted by Gasteiger charge is -2.16. The Morgan fingerprint density at radius 2 is 1.82 bits per heavy atom. The van der Waals surface area contributed by atoms with E-state index in [4.69, 9.17) is 9.05 Å². The maximum absolute atomic E-state index is 12.2. The van der Waals surface area contributed by atoms with Gasteiger partial charge in [0.2, 0.25) is 0 Å². The molecule has 0 aromatic heterocycles. The highest BCUT2D eigenvalue weighted by atomic mass is 32.1. The Kier molecular flexibility index (Phi) is 10.2. The molecule has 6 heteroatoms. The first-order valence-corrected chi connectivity index (χ1v) is 7.45. The van der Waals surface area contributed by atoms with Crippen molar-refractivity contribution in [2.75, 3.05) is 25.9 Å². The summed E-state index contributed by atoms with van der Waals surface area (Å²) in [7, 11) is -3.03. The maximum Gasteiger partial charge on any atom is 0.331 e. The first-order valence-electron chi connectivity index (χ1n) is 5.32. The van der Waals surface area contributed by atoms with Crippen LogP contribution in [0.4, 0.5) is 0 Å². The molecule has 0 aromatic carbocycles. The Hall–Kier alpha value is -0.570. The highest BCUT2D eigenvalue weighted by molar-refractivity contribution is 7.78. The summed E-state index contributed by atoms with van der Waals surface area (Å²) in [5, 5.41) is 2.28. The third-order valence-corrected chi connectivity index (χ3v) is 3.87. The molecule has 0 unspecified atom stereocenters. The van der Waals surface area contributed by atoms with E-state index in [9.17, 15) is 4.57 Å². The van der Waals surface area contributed by atoms with Crippen LogP contribution in [0.5, 0.6) is 0 Å². The largest absolute Gasteiger partial charge is 0.331 e. The van der Waals surface area contributed by atoms with E-state index < -0.39 is 7.60 Å². The van der Waals surface area contributed by atoms with Gasteiger partial charge in [0.05, 0.1) is 24.5 Å². The summed E-state index contributed by atoms with van der Waals surface area (Å²) in [5.74, 6) is 0. The van der Waals surface area contributed by atoms with Crippen LogP contribution in [0, 0.1) is 0 Å². The van der Waals surface area contributed by atoms with Gasteiger partial charge in [0.15, 0.2) is 0 Å². The molecule has 0 aliphatic rings. The van der Waals surface area contributed by atoms with Crippen molar-refractivity contribution in [3.63, 3.8) is 0 Å². The molecule has 0 N–H and O–H groups in total. The number of nitrogens with zero attached hydrogens (tertiary/aromatic N) is 1. The van der Waals surface area contributed by atoms with E-state index in [1.165, 1.54) is 0 Å². The van der Waals surface area contributed by atoms with Crippen molar-refractivity contribution in [3.05, 3.63) is 25.3 Å². The van der Waals surface area contributed by atoms with Crippen molar-refractivity contribution in [1.29, 1.82) is 0 Å². The number of isothiocyanates is 1. The van der Waals surface area contributed by atoms with Gasteiger partial charge in [-0.1, -0.05) is 12.2 Å². The number of unbranched alkanes of at least 4 members (excludes halogenated alkanes) is 1. The van der Waals surface area contributed by atoms with Crippen molar-refractivity contribution >= 4 is 25.0 Å². The summed E-state index contributed by atoms with van der Waals surface area (Å²) < 4.78 is 22.5. The fraction of sp³-hybridized carbons (Fsp3) is 0.545. The van der Waals surface area contributed by atoms with E-state index in [1.807, 2.05) is 0 Å². The molecule has 0 fully saturated rings. The first-order chi connectivity index (χ1) is 8.18. The predicted molar refractivity (Wildman–Crippen MR) is 73.9 cm³/mol. The van der Waals surface area contributed by atoms with Crippen LogP contribution in [0.1, 0.15) is 12.8 Å².